The summed E-state index contributed by atoms with van der Waals surface area (Å²) < 4.78 is 81.1. The van der Waals surface area contributed by atoms with Gasteiger partial charge in [-0.2, -0.15) is 0 Å². The number of sulfonamides is 2. The van der Waals surface area contributed by atoms with Crippen LogP contribution in [0.4, 0.5) is 21.5 Å². The van der Waals surface area contributed by atoms with E-state index >= 15 is 0 Å². The number of carbonyl (C=O) groups excluding carboxylic acids is 1. The van der Waals surface area contributed by atoms with Crippen LogP contribution in [-0.2, 0) is 24.8 Å². The third kappa shape index (κ3) is 6.31. The van der Waals surface area contributed by atoms with Crippen LogP contribution in [0.25, 0.3) is 0 Å². The molecule has 2 N–H and O–H groups in total. The average Bonchev–Trinajstić information content (AvgIpc) is 2.97. The van der Waals surface area contributed by atoms with E-state index in [0.717, 1.165) is 22.0 Å². The Morgan fingerprint density at radius 2 is 1.48 bits per heavy atom. The van der Waals surface area contributed by atoms with Crippen LogP contribution < -0.4 is 23.8 Å². The van der Waals surface area contributed by atoms with Crippen molar-refractivity contribution in [3.8, 4) is 11.5 Å². The number of para-hydroxylation sites is 1. The van der Waals surface area contributed by atoms with E-state index in [1.165, 1.54) is 54.6 Å². The van der Waals surface area contributed by atoms with Crippen molar-refractivity contribution in [2.75, 3.05) is 34.1 Å². The number of nitrogens with zero attached hydrogens (tertiary/aromatic N) is 1. The lowest BCUT2D eigenvalue weighted by atomic mass is 10.2. The number of carbonyl (C=O) groups is 1. The van der Waals surface area contributed by atoms with Gasteiger partial charge in [0.15, 0.2) is 11.5 Å². The van der Waals surface area contributed by atoms with Crippen molar-refractivity contribution in [1.82, 2.24) is 0 Å². The normalized spacial score (nSPS) is 12.8. The molecule has 42 heavy (non-hydrogen) atoms. The van der Waals surface area contributed by atoms with Crippen molar-refractivity contribution >= 4 is 43.0 Å². The van der Waals surface area contributed by atoms with Crippen LogP contribution in [0.5, 0.6) is 11.5 Å². The molecule has 4 aromatic carbocycles. The summed E-state index contributed by atoms with van der Waals surface area (Å²) in [4.78, 5) is 12.9. The fourth-order valence-corrected chi connectivity index (χ4v) is 6.74. The van der Waals surface area contributed by atoms with E-state index in [4.69, 9.17) is 9.47 Å². The predicted octanol–water partition coefficient (Wildman–Crippen LogP) is 4.54. The van der Waals surface area contributed by atoms with Crippen molar-refractivity contribution in [3.63, 3.8) is 0 Å². The van der Waals surface area contributed by atoms with Gasteiger partial charge in [-0.1, -0.05) is 18.2 Å². The molecule has 13 heteroatoms. The maximum absolute atomic E-state index is 13.7. The van der Waals surface area contributed by atoms with E-state index in [2.05, 4.69) is 10.0 Å². The van der Waals surface area contributed by atoms with E-state index in [0.29, 0.717) is 18.0 Å². The van der Waals surface area contributed by atoms with Gasteiger partial charge in [0.2, 0.25) is 5.91 Å². The highest BCUT2D eigenvalue weighted by Gasteiger charge is 2.29. The topological polar surface area (TPSA) is 131 Å². The molecular weight excluding hydrogens is 585 g/mol. The second-order valence-electron chi connectivity index (χ2n) is 9.29. The Hall–Kier alpha value is -4.62. The molecule has 0 unspecified atom stereocenters. The van der Waals surface area contributed by atoms with Gasteiger partial charge in [0, 0.05) is 11.8 Å². The van der Waals surface area contributed by atoms with Gasteiger partial charge in [-0.05, 0) is 79.2 Å². The maximum Gasteiger partial charge on any atom is 0.264 e. The molecule has 1 aliphatic rings. The molecule has 0 bridgehead atoms. The number of anilines is 3. The molecule has 0 fully saturated rings. The van der Waals surface area contributed by atoms with Gasteiger partial charge >= 0.3 is 0 Å². The highest BCUT2D eigenvalue weighted by Crippen LogP contribution is 2.34. The summed E-state index contributed by atoms with van der Waals surface area (Å²) in [5.74, 6) is -0.649. The van der Waals surface area contributed by atoms with Crippen molar-refractivity contribution < 1.29 is 35.5 Å². The first kappa shape index (κ1) is 28.9. The second kappa shape index (κ2) is 11.7. The molecule has 0 saturated carbocycles. The van der Waals surface area contributed by atoms with E-state index in [-0.39, 0.29) is 33.5 Å². The monoisotopic (exact) mass is 611 g/mol. The standard InChI is InChI=1S/C29H26FN3O7S2/c1-20-4-2-3-5-26(20)32-41(35,36)24-12-8-22(9-13-24)31-29(34)19-33(23-10-6-21(30)7-11-23)42(37,38)25-14-15-27-28(18-25)40-17-16-39-27/h2-15,18,32H,16-17,19H2,1H3,(H,31,34). The molecular formula is C29H26FN3O7S2. The van der Waals surface area contributed by atoms with Gasteiger partial charge in [-0.3, -0.25) is 13.8 Å². The van der Waals surface area contributed by atoms with Gasteiger partial charge in [0.25, 0.3) is 20.0 Å². The van der Waals surface area contributed by atoms with E-state index in [1.54, 1.807) is 31.2 Å². The van der Waals surface area contributed by atoms with Crippen LogP contribution in [0.15, 0.2) is 101 Å². The van der Waals surface area contributed by atoms with E-state index < -0.39 is 38.3 Å². The molecule has 5 rings (SSSR count). The molecule has 1 amide bonds. The number of rotatable bonds is 9. The molecule has 4 aromatic rings. The average molecular weight is 612 g/mol. The minimum Gasteiger partial charge on any atom is -0.486 e. The van der Waals surface area contributed by atoms with Crippen molar-refractivity contribution in [2.24, 2.45) is 0 Å². The first-order chi connectivity index (χ1) is 20.0. The van der Waals surface area contributed by atoms with Gasteiger partial charge in [-0.25, -0.2) is 21.2 Å². The number of benzene rings is 4. The quantitative estimate of drug-likeness (QED) is 0.284. The number of hydrogen-bond donors (Lipinski definition) is 2. The Morgan fingerprint density at radius 3 is 2.17 bits per heavy atom. The number of aryl methyl sites for hydroxylation is 1. The summed E-state index contributed by atoms with van der Waals surface area (Å²) >= 11 is 0. The van der Waals surface area contributed by atoms with Crippen molar-refractivity contribution in [2.45, 2.75) is 16.7 Å². The zero-order chi connectivity index (χ0) is 29.9. The van der Waals surface area contributed by atoms with Crippen LogP contribution in [0.3, 0.4) is 0 Å². The minimum atomic E-state index is -4.32. The molecule has 0 aromatic heterocycles. The molecule has 0 aliphatic carbocycles. The predicted molar refractivity (Wildman–Crippen MR) is 155 cm³/mol. The Bertz CT molecular complexity index is 1830. The third-order valence-electron chi connectivity index (χ3n) is 6.34. The Kier molecular flexibility index (Phi) is 8.05. The van der Waals surface area contributed by atoms with Gasteiger partial charge in [0.1, 0.15) is 25.6 Å². The lowest BCUT2D eigenvalue weighted by molar-refractivity contribution is -0.114. The zero-order valence-corrected chi connectivity index (χ0v) is 23.9. The van der Waals surface area contributed by atoms with Crippen LogP contribution in [0.2, 0.25) is 0 Å². The molecule has 0 atom stereocenters. The van der Waals surface area contributed by atoms with Crippen molar-refractivity contribution in [3.05, 3.63) is 102 Å². The first-order valence-electron chi connectivity index (χ1n) is 12.7. The fraction of sp³-hybridized carbons (Fsp3) is 0.138. The number of halogens is 1. The fourth-order valence-electron chi connectivity index (χ4n) is 4.17. The highest BCUT2D eigenvalue weighted by molar-refractivity contribution is 7.93. The molecule has 1 heterocycles. The molecule has 1 aliphatic heterocycles. The summed E-state index contributed by atoms with van der Waals surface area (Å²) in [7, 11) is -8.22. The molecule has 10 nitrogen and oxygen atoms in total. The number of hydrogen-bond acceptors (Lipinski definition) is 7. The lowest BCUT2D eigenvalue weighted by Gasteiger charge is -2.25. The van der Waals surface area contributed by atoms with Gasteiger partial charge in [0.05, 0.1) is 21.2 Å². The van der Waals surface area contributed by atoms with Crippen LogP contribution in [0.1, 0.15) is 5.56 Å². The summed E-state index contributed by atoms with van der Waals surface area (Å²) in [5, 5.41) is 2.59. The van der Waals surface area contributed by atoms with E-state index in [1.807, 2.05) is 0 Å². The van der Waals surface area contributed by atoms with Crippen LogP contribution in [-0.4, -0.2) is 42.5 Å². The second-order valence-corrected chi connectivity index (χ2v) is 12.8. The number of ether oxygens (including phenoxy) is 2. The molecule has 0 spiro atoms. The Morgan fingerprint density at radius 1 is 0.833 bits per heavy atom. The number of amides is 1. The number of nitrogens with one attached hydrogen (secondary N) is 2. The Labute approximate surface area is 242 Å². The van der Waals surface area contributed by atoms with Gasteiger partial charge in [-0.15, -0.1) is 0 Å². The molecule has 0 saturated heterocycles. The van der Waals surface area contributed by atoms with Crippen LogP contribution in [0, 0.1) is 12.7 Å². The van der Waals surface area contributed by atoms with Crippen LogP contribution >= 0.6 is 0 Å². The highest BCUT2D eigenvalue weighted by atomic mass is 32.2. The van der Waals surface area contributed by atoms with Crippen molar-refractivity contribution in [1.29, 1.82) is 0 Å². The summed E-state index contributed by atoms with van der Waals surface area (Å²) in [6, 6.07) is 21.1. The summed E-state index contributed by atoms with van der Waals surface area (Å²) in [6.45, 7) is 1.71. The summed E-state index contributed by atoms with van der Waals surface area (Å²) in [6.07, 6.45) is 0. The minimum absolute atomic E-state index is 0.0297. The lowest BCUT2D eigenvalue weighted by Crippen LogP contribution is -2.38. The largest absolute Gasteiger partial charge is 0.486 e. The number of fused-ring (bicyclic) bond motifs is 1. The maximum atomic E-state index is 13.7. The first-order valence-corrected chi connectivity index (χ1v) is 15.6. The summed E-state index contributed by atoms with van der Waals surface area (Å²) in [5.41, 5.74) is 1.49. The smallest absolute Gasteiger partial charge is 0.264 e. The molecule has 0 radical (unpaired) electrons. The van der Waals surface area contributed by atoms with Gasteiger partial charge < -0.3 is 14.8 Å². The SMILES string of the molecule is Cc1ccccc1NS(=O)(=O)c1ccc(NC(=O)CN(c2ccc(F)cc2)S(=O)(=O)c2ccc3c(c2)OCCO3)cc1. The zero-order valence-electron chi connectivity index (χ0n) is 22.3. The third-order valence-corrected chi connectivity index (χ3v) is 9.49. The molecule has 218 valence electrons. The Balaban J connectivity index is 1.35. The van der Waals surface area contributed by atoms with E-state index in [9.17, 15) is 26.0 Å².